The molecule has 0 spiro atoms. The summed E-state index contributed by atoms with van der Waals surface area (Å²) in [6.45, 7) is 12.3. The standard InChI is InChI=1S/C10H27N3Si/c1-5-8-11-14(4,12-9-6-2)13-10-7-3/h11-13H,5-10H2,1-4H3. The summed E-state index contributed by atoms with van der Waals surface area (Å²) in [6, 6.07) is 0. The molecule has 0 aromatic carbocycles. The Hall–Kier alpha value is 0.0969. The fourth-order valence-corrected chi connectivity index (χ4v) is 3.94. The van der Waals surface area contributed by atoms with Crippen molar-refractivity contribution in [3.8, 4) is 0 Å². The molecule has 4 heteroatoms. The fourth-order valence-electron chi connectivity index (χ4n) is 1.31. The van der Waals surface area contributed by atoms with Crippen molar-refractivity contribution >= 4 is 8.56 Å². The van der Waals surface area contributed by atoms with E-state index in [9.17, 15) is 0 Å². The molecule has 0 rings (SSSR count). The molecule has 0 aliphatic rings. The first-order valence-electron chi connectivity index (χ1n) is 5.93. The molecule has 0 bridgehead atoms. The summed E-state index contributed by atoms with van der Waals surface area (Å²) in [5, 5.41) is 0. The van der Waals surface area contributed by atoms with E-state index in [2.05, 4.69) is 42.3 Å². The maximum atomic E-state index is 3.63. The first-order valence-corrected chi connectivity index (χ1v) is 8.43. The maximum absolute atomic E-state index is 3.63. The van der Waals surface area contributed by atoms with Gasteiger partial charge in [-0.2, -0.15) is 0 Å². The molecule has 0 aromatic rings. The molecule has 0 radical (unpaired) electrons. The molecule has 0 aliphatic heterocycles. The molecule has 0 aromatic heterocycles. The van der Waals surface area contributed by atoms with Gasteiger partial charge in [-0.15, -0.1) is 0 Å². The average molecular weight is 217 g/mol. The van der Waals surface area contributed by atoms with Crippen LogP contribution in [0.15, 0.2) is 0 Å². The Morgan fingerprint density at radius 2 is 1.00 bits per heavy atom. The second-order valence-electron chi connectivity index (χ2n) is 3.91. The van der Waals surface area contributed by atoms with Crippen molar-refractivity contribution in [3.05, 3.63) is 0 Å². The highest BCUT2D eigenvalue weighted by Gasteiger charge is 2.25. The predicted octanol–water partition coefficient (Wildman–Crippen LogP) is 1.55. The van der Waals surface area contributed by atoms with E-state index >= 15 is 0 Å². The molecule has 0 saturated heterocycles. The van der Waals surface area contributed by atoms with E-state index in [4.69, 9.17) is 0 Å². The van der Waals surface area contributed by atoms with Crippen molar-refractivity contribution in [1.82, 2.24) is 14.9 Å². The highest BCUT2D eigenvalue weighted by atomic mass is 28.4. The van der Waals surface area contributed by atoms with E-state index < -0.39 is 8.56 Å². The van der Waals surface area contributed by atoms with E-state index in [1.807, 2.05) is 0 Å². The van der Waals surface area contributed by atoms with Crippen LogP contribution in [-0.2, 0) is 0 Å². The third-order valence-corrected chi connectivity index (χ3v) is 5.06. The van der Waals surface area contributed by atoms with Gasteiger partial charge < -0.3 is 14.9 Å². The number of rotatable bonds is 9. The Morgan fingerprint density at radius 1 is 0.714 bits per heavy atom. The van der Waals surface area contributed by atoms with Gasteiger partial charge in [0.25, 0.3) is 8.56 Å². The summed E-state index contributed by atoms with van der Waals surface area (Å²) < 4.78 is 0. The smallest absolute Gasteiger partial charge is 0.278 e. The molecule has 0 aliphatic carbocycles. The third kappa shape index (κ3) is 6.54. The zero-order chi connectivity index (χ0) is 10.9. The van der Waals surface area contributed by atoms with Crippen molar-refractivity contribution in [2.75, 3.05) is 19.6 Å². The third-order valence-electron chi connectivity index (χ3n) is 2.19. The number of hydrogen-bond acceptors (Lipinski definition) is 3. The minimum atomic E-state index is -1.56. The lowest BCUT2D eigenvalue weighted by atomic mass is 10.5. The maximum Gasteiger partial charge on any atom is 0.278 e. The molecule has 3 N–H and O–H groups in total. The van der Waals surface area contributed by atoms with Gasteiger partial charge in [-0.3, -0.25) is 0 Å². The Labute approximate surface area is 90.3 Å². The van der Waals surface area contributed by atoms with Gasteiger partial charge in [-0.1, -0.05) is 20.8 Å². The van der Waals surface area contributed by atoms with E-state index in [0.29, 0.717) is 0 Å². The minimum Gasteiger partial charge on any atom is -0.313 e. The largest absolute Gasteiger partial charge is 0.313 e. The topological polar surface area (TPSA) is 36.1 Å². The molecule has 86 valence electrons. The molecule has 3 nitrogen and oxygen atoms in total. The van der Waals surface area contributed by atoms with Crippen LogP contribution in [0.4, 0.5) is 0 Å². The second-order valence-corrected chi connectivity index (χ2v) is 7.22. The Bertz CT molecular complexity index is 109. The zero-order valence-corrected chi connectivity index (χ0v) is 11.2. The Balaban J connectivity index is 3.89. The Kier molecular flexibility index (Phi) is 8.47. The van der Waals surface area contributed by atoms with E-state index in [1.165, 1.54) is 19.3 Å². The zero-order valence-electron chi connectivity index (χ0n) is 10.2. The van der Waals surface area contributed by atoms with Crippen LogP contribution in [0, 0.1) is 0 Å². The van der Waals surface area contributed by atoms with Gasteiger partial charge in [-0.05, 0) is 45.4 Å². The van der Waals surface area contributed by atoms with Crippen LogP contribution < -0.4 is 14.9 Å². The molecule has 0 fully saturated rings. The number of hydrogen-bond donors (Lipinski definition) is 3. The summed E-state index contributed by atoms with van der Waals surface area (Å²) in [7, 11) is -1.56. The van der Waals surface area contributed by atoms with Gasteiger partial charge in [0.2, 0.25) is 0 Å². The van der Waals surface area contributed by atoms with E-state index in [-0.39, 0.29) is 0 Å². The molecule has 0 heterocycles. The first-order chi connectivity index (χ1) is 6.68. The van der Waals surface area contributed by atoms with E-state index in [1.54, 1.807) is 0 Å². The highest BCUT2D eigenvalue weighted by molar-refractivity contribution is 6.71. The van der Waals surface area contributed by atoms with Gasteiger partial charge in [0, 0.05) is 0 Å². The molecule has 14 heavy (non-hydrogen) atoms. The van der Waals surface area contributed by atoms with Crippen LogP contribution in [-0.4, -0.2) is 28.2 Å². The van der Waals surface area contributed by atoms with Crippen molar-refractivity contribution in [3.63, 3.8) is 0 Å². The molecule has 0 atom stereocenters. The summed E-state index contributed by atoms with van der Waals surface area (Å²) in [5.74, 6) is 0. The van der Waals surface area contributed by atoms with Crippen LogP contribution in [0.1, 0.15) is 40.0 Å². The van der Waals surface area contributed by atoms with Gasteiger partial charge in [0.15, 0.2) is 0 Å². The summed E-state index contributed by atoms with van der Waals surface area (Å²) >= 11 is 0. The molecular formula is C10H27N3Si. The van der Waals surface area contributed by atoms with Crippen molar-refractivity contribution in [2.24, 2.45) is 0 Å². The van der Waals surface area contributed by atoms with Crippen molar-refractivity contribution in [1.29, 1.82) is 0 Å². The summed E-state index contributed by atoms with van der Waals surface area (Å²) in [5.41, 5.74) is 0. The quantitative estimate of drug-likeness (QED) is 0.513. The SMILES string of the molecule is CCCN[Si](C)(NCCC)NCCC. The second kappa shape index (κ2) is 8.41. The lowest BCUT2D eigenvalue weighted by Crippen LogP contribution is -2.70. The summed E-state index contributed by atoms with van der Waals surface area (Å²) in [4.78, 5) is 10.9. The van der Waals surface area contributed by atoms with Gasteiger partial charge in [0.05, 0.1) is 0 Å². The molecule has 0 amide bonds. The predicted molar refractivity (Wildman–Crippen MR) is 66.5 cm³/mol. The van der Waals surface area contributed by atoms with Crippen molar-refractivity contribution < 1.29 is 0 Å². The van der Waals surface area contributed by atoms with Crippen LogP contribution in [0.5, 0.6) is 0 Å². The van der Waals surface area contributed by atoms with Gasteiger partial charge in [0.1, 0.15) is 0 Å². The molecular weight excluding hydrogens is 190 g/mol. The van der Waals surface area contributed by atoms with Crippen LogP contribution >= 0.6 is 0 Å². The highest BCUT2D eigenvalue weighted by Crippen LogP contribution is 1.90. The van der Waals surface area contributed by atoms with Crippen LogP contribution in [0.25, 0.3) is 0 Å². The molecule has 0 saturated carbocycles. The average Bonchev–Trinajstić information content (AvgIpc) is 2.21. The molecule has 0 unspecified atom stereocenters. The minimum absolute atomic E-state index is 1.11. The summed E-state index contributed by atoms with van der Waals surface area (Å²) in [6.07, 6.45) is 3.60. The normalized spacial score (nSPS) is 12.0. The Morgan fingerprint density at radius 3 is 1.21 bits per heavy atom. The first kappa shape index (κ1) is 14.1. The lowest BCUT2D eigenvalue weighted by Gasteiger charge is -2.30. The van der Waals surface area contributed by atoms with Gasteiger partial charge in [-0.25, -0.2) is 0 Å². The van der Waals surface area contributed by atoms with Crippen LogP contribution in [0.3, 0.4) is 0 Å². The van der Waals surface area contributed by atoms with Gasteiger partial charge >= 0.3 is 0 Å². The fraction of sp³-hybridized carbons (Fsp3) is 1.00. The lowest BCUT2D eigenvalue weighted by molar-refractivity contribution is 0.708. The number of nitrogens with one attached hydrogen (secondary N) is 3. The van der Waals surface area contributed by atoms with Crippen LogP contribution in [0.2, 0.25) is 6.55 Å². The van der Waals surface area contributed by atoms with Crippen molar-refractivity contribution in [2.45, 2.75) is 46.6 Å². The van der Waals surface area contributed by atoms with E-state index in [0.717, 1.165) is 19.6 Å². The monoisotopic (exact) mass is 217 g/mol.